The second-order valence-electron chi connectivity index (χ2n) is 4.39. The molecule has 2 aromatic rings. The number of aromatic nitrogens is 2. The van der Waals surface area contributed by atoms with Gasteiger partial charge >= 0.3 is 6.01 Å². The summed E-state index contributed by atoms with van der Waals surface area (Å²) in [4.78, 5) is 1.87. The van der Waals surface area contributed by atoms with Crippen molar-refractivity contribution in [3.05, 3.63) is 41.8 Å². The summed E-state index contributed by atoms with van der Waals surface area (Å²) in [6, 6.07) is 10.4. The first-order chi connectivity index (χ1) is 9.83. The Hall–Kier alpha value is -1.92. The standard InChI is InChI=1S/C14H20N4O2/c1-2-15-10-13-16-17-14(20-13)18(8-9-19)11-12-6-4-3-5-7-12/h3-7,15,19H,2,8-11H2,1H3. The summed E-state index contributed by atoms with van der Waals surface area (Å²) in [5.41, 5.74) is 1.13. The summed E-state index contributed by atoms with van der Waals surface area (Å²) in [6.45, 7) is 4.55. The zero-order valence-corrected chi connectivity index (χ0v) is 11.6. The largest absolute Gasteiger partial charge is 0.407 e. The Balaban J connectivity index is 2.05. The van der Waals surface area contributed by atoms with Gasteiger partial charge in [0.05, 0.1) is 13.2 Å². The molecule has 0 amide bonds. The lowest BCUT2D eigenvalue weighted by atomic mass is 10.2. The Kier molecular flexibility index (Phi) is 5.52. The average molecular weight is 276 g/mol. The van der Waals surface area contributed by atoms with Crippen molar-refractivity contribution in [3.8, 4) is 0 Å². The van der Waals surface area contributed by atoms with Gasteiger partial charge in [-0.1, -0.05) is 42.4 Å². The lowest BCUT2D eigenvalue weighted by Gasteiger charge is -2.18. The van der Waals surface area contributed by atoms with Crippen LogP contribution >= 0.6 is 0 Å². The molecule has 6 heteroatoms. The fraction of sp³-hybridized carbons (Fsp3) is 0.429. The van der Waals surface area contributed by atoms with Crippen molar-refractivity contribution in [2.45, 2.75) is 20.0 Å². The van der Waals surface area contributed by atoms with Gasteiger partial charge in [-0.2, -0.15) is 0 Å². The summed E-state index contributed by atoms with van der Waals surface area (Å²) in [5, 5.41) is 20.4. The lowest BCUT2D eigenvalue weighted by Crippen LogP contribution is -2.26. The van der Waals surface area contributed by atoms with Gasteiger partial charge < -0.3 is 19.7 Å². The highest BCUT2D eigenvalue weighted by Crippen LogP contribution is 2.15. The maximum atomic E-state index is 9.18. The SMILES string of the molecule is CCNCc1nnc(N(CCO)Cc2ccccc2)o1. The Labute approximate surface area is 118 Å². The zero-order chi connectivity index (χ0) is 14.2. The van der Waals surface area contributed by atoms with Gasteiger partial charge in [0, 0.05) is 13.1 Å². The number of hydrogen-bond acceptors (Lipinski definition) is 6. The van der Waals surface area contributed by atoms with Gasteiger partial charge in [-0.05, 0) is 12.1 Å². The number of rotatable bonds is 8. The van der Waals surface area contributed by atoms with Crippen LogP contribution in [0.1, 0.15) is 18.4 Å². The van der Waals surface area contributed by atoms with Crippen molar-refractivity contribution in [1.29, 1.82) is 0 Å². The van der Waals surface area contributed by atoms with E-state index in [-0.39, 0.29) is 6.61 Å². The molecule has 2 N–H and O–H groups in total. The molecule has 1 aromatic carbocycles. The van der Waals surface area contributed by atoms with E-state index in [4.69, 9.17) is 4.42 Å². The third-order valence-electron chi connectivity index (χ3n) is 2.84. The van der Waals surface area contributed by atoms with Crippen LogP contribution in [0.5, 0.6) is 0 Å². The molecule has 0 bridgehead atoms. The van der Waals surface area contributed by atoms with Gasteiger partial charge in [0.15, 0.2) is 0 Å². The summed E-state index contributed by atoms with van der Waals surface area (Å²) in [5.74, 6) is 0.554. The molecule has 6 nitrogen and oxygen atoms in total. The Morgan fingerprint density at radius 2 is 2.05 bits per heavy atom. The van der Waals surface area contributed by atoms with Crippen molar-refractivity contribution >= 4 is 6.01 Å². The smallest absolute Gasteiger partial charge is 0.318 e. The molecular weight excluding hydrogens is 256 g/mol. The predicted molar refractivity (Wildman–Crippen MR) is 76.3 cm³/mol. The number of nitrogens with one attached hydrogen (secondary N) is 1. The molecule has 0 radical (unpaired) electrons. The van der Waals surface area contributed by atoms with Crippen LogP contribution in [0.4, 0.5) is 6.01 Å². The Bertz CT molecular complexity index is 501. The maximum absolute atomic E-state index is 9.18. The van der Waals surface area contributed by atoms with Crippen LogP contribution in [-0.2, 0) is 13.1 Å². The molecular formula is C14H20N4O2. The molecule has 0 fully saturated rings. The highest BCUT2D eigenvalue weighted by Gasteiger charge is 2.14. The van der Waals surface area contributed by atoms with Gasteiger partial charge in [0.1, 0.15) is 0 Å². The topological polar surface area (TPSA) is 74.4 Å². The fourth-order valence-corrected chi connectivity index (χ4v) is 1.84. The number of nitrogens with zero attached hydrogens (tertiary/aromatic N) is 3. The molecule has 0 aliphatic carbocycles. The maximum Gasteiger partial charge on any atom is 0.318 e. The number of hydrogen-bond donors (Lipinski definition) is 2. The first kappa shape index (κ1) is 14.5. The highest BCUT2D eigenvalue weighted by molar-refractivity contribution is 5.28. The second kappa shape index (κ2) is 7.62. The molecule has 1 aromatic heterocycles. The van der Waals surface area contributed by atoms with Crippen molar-refractivity contribution in [2.24, 2.45) is 0 Å². The molecule has 20 heavy (non-hydrogen) atoms. The van der Waals surface area contributed by atoms with Gasteiger partial charge in [-0.25, -0.2) is 0 Å². The van der Waals surface area contributed by atoms with Gasteiger partial charge in [-0.3, -0.25) is 0 Å². The van der Waals surface area contributed by atoms with Crippen LogP contribution in [0, 0.1) is 0 Å². The van der Waals surface area contributed by atoms with E-state index in [0.717, 1.165) is 12.1 Å². The summed E-state index contributed by atoms with van der Waals surface area (Å²) in [7, 11) is 0. The summed E-state index contributed by atoms with van der Waals surface area (Å²) < 4.78 is 5.60. The second-order valence-corrected chi connectivity index (χ2v) is 4.39. The van der Waals surface area contributed by atoms with Gasteiger partial charge in [0.2, 0.25) is 5.89 Å². The van der Waals surface area contributed by atoms with Crippen molar-refractivity contribution in [2.75, 3.05) is 24.6 Å². The van der Waals surface area contributed by atoms with E-state index in [1.165, 1.54) is 0 Å². The minimum Gasteiger partial charge on any atom is -0.407 e. The molecule has 0 saturated heterocycles. The minimum atomic E-state index is 0.0394. The van der Waals surface area contributed by atoms with Crippen LogP contribution in [0.25, 0.3) is 0 Å². The van der Waals surface area contributed by atoms with Gasteiger partial charge in [-0.15, -0.1) is 5.10 Å². The average Bonchev–Trinajstić information content (AvgIpc) is 2.94. The third kappa shape index (κ3) is 4.04. The number of aliphatic hydroxyl groups is 1. The third-order valence-corrected chi connectivity index (χ3v) is 2.84. The quantitative estimate of drug-likeness (QED) is 0.754. The monoisotopic (exact) mass is 276 g/mol. The number of anilines is 1. The van der Waals surface area contributed by atoms with Crippen molar-refractivity contribution < 1.29 is 9.52 Å². The molecule has 0 spiro atoms. The molecule has 108 valence electrons. The lowest BCUT2D eigenvalue weighted by molar-refractivity contribution is 0.297. The first-order valence-electron chi connectivity index (χ1n) is 6.76. The van der Waals surface area contributed by atoms with E-state index >= 15 is 0 Å². The van der Waals surface area contributed by atoms with Crippen LogP contribution in [0.3, 0.4) is 0 Å². The number of benzene rings is 1. The molecule has 0 saturated carbocycles. The molecule has 0 aliphatic heterocycles. The Morgan fingerprint density at radius 3 is 2.75 bits per heavy atom. The van der Waals surface area contributed by atoms with E-state index < -0.39 is 0 Å². The van der Waals surface area contributed by atoms with Crippen molar-refractivity contribution in [1.82, 2.24) is 15.5 Å². The number of aliphatic hydroxyl groups excluding tert-OH is 1. The molecule has 0 atom stereocenters. The van der Waals surface area contributed by atoms with Crippen LogP contribution < -0.4 is 10.2 Å². The van der Waals surface area contributed by atoms with E-state index in [0.29, 0.717) is 31.5 Å². The molecule has 0 unspecified atom stereocenters. The van der Waals surface area contributed by atoms with Crippen LogP contribution in [-0.4, -0.2) is 35.0 Å². The summed E-state index contributed by atoms with van der Waals surface area (Å²) in [6.07, 6.45) is 0. The Morgan fingerprint density at radius 1 is 1.25 bits per heavy atom. The zero-order valence-electron chi connectivity index (χ0n) is 11.6. The summed E-state index contributed by atoms with van der Waals surface area (Å²) >= 11 is 0. The first-order valence-corrected chi connectivity index (χ1v) is 6.76. The minimum absolute atomic E-state index is 0.0394. The van der Waals surface area contributed by atoms with E-state index in [1.807, 2.05) is 42.2 Å². The van der Waals surface area contributed by atoms with E-state index in [1.54, 1.807) is 0 Å². The molecule has 1 heterocycles. The van der Waals surface area contributed by atoms with Crippen molar-refractivity contribution in [3.63, 3.8) is 0 Å². The van der Waals surface area contributed by atoms with Gasteiger partial charge in [0.25, 0.3) is 0 Å². The van der Waals surface area contributed by atoms with Crippen LogP contribution in [0.2, 0.25) is 0 Å². The molecule has 0 aliphatic rings. The predicted octanol–water partition coefficient (Wildman–Crippen LogP) is 1.18. The van der Waals surface area contributed by atoms with E-state index in [2.05, 4.69) is 15.5 Å². The fourth-order valence-electron chi connectivity index (χ4n) is 1.84. The van der Waals surface area contributed by atoms with E-state index in [9.17, 15) is 5.11 Å². The highest BCUT2D eigenvalue weighted by atomic mass is 16.4. The molecule has 2 rings (SSSR count). The van der Waals surface area contributed by atoms with Crippen LogP contribution in [0.15, 0.2) is 34.7 Å². The normalized spacial score (nSPS) is 10.7.